The zero-order chi connectivity index (χ0) is 20.4. The monoisotopic (exact) mass is 398 g/mol. The minimum Gasteiger partial charge on any atom is -0.435 e. The van der Waals surface area contributed by atoms with Crippen LogP contribution in [0.2, 0.25) is 0 Å². The molecule has 1 atom stereocenters. The van der Waals surface area contributed by atoms with Crippen molar-refractivity contribution in [2.75, 3.05) is 11.4 Å². The minimum atomic E-state index is -2.87. The van der Waals surface area contributed by atoms with E-state index in [2.05, 4.69) is 19.9 Å². The minimum absolute atomic E-state index is 0.00635. The van der Waals surface area contributed by atoms with Crippen molar-refractivity contribution in [3.8, 4) is 16.9 Å². The van der Waals surface area contributed by atoms with Crippen molar-refractivity contribution in [3.63, 3.8) is 0 Å². The number of carbonyl (C=O) groups is 1. The van der Waals surface area contributed by atoms with Crippen LogP contribution in [0.5, 0.6) is 5.75 Å². The largest absolute Gasteiger partial charge is 0.435 e. The molecule has 6 nitrogen and oxygen atoms in total. The molecule has 1 aromatic carbocycles. The summed E-state index contributed by atoms with van der Waals surface area (Å²) in [7, 11) is 0. The average Bonchev–Trinajstić information content (AvgIpc) is 3.32. The van der Waals surface area contributed by atoms with Gasteiger partial charge in [0.25, 0.3) is 0 Å². The van der Waals surface area contributed by atoms with Crippen LogP contribution in [0.25, 0.3) is 11.1 Å². The molecule has 1 fully saturated rings. The van der Waals surface area contributed by atoms with Crippen LogP contribution in [0.15, 0.2) is 48.8 Å². The van der Waals surface area contributed by atoms with Crippen molar-refractivity contribution in [1.29, 1.82) is 0 Å². The van der Waals surface area contributed by atoms with Gasteiger partial charge in [0.15, 0.2) is 0 Å². The molecule has 0 bridgehead atoms. The van der Waals surface area contributed by atoms with Crippen LogP contribution in [-0.4, -0.2) is 34.2 Å². The number of nitrogens with one attached hydrogen (secondary N) is 1. The van der Waals surface area contributed by atoms with Crippen molar-refractivity contribution in [2.24, 2.45) is 5.92 Å². The van der Waals surface area contributed by atoms with E-state index in [1.165, 1.54) is 6.07 Å². The topological polar surface area (TPSA) is 71.1 Å². The molecular weight excluding hydrogens is 378 g/mol. The Morgan fingerprint density at radius 1 is 1.31 bits per heavy atom. The summed E-state index contributed by atoms with van der Waals surface area (Å²) in [6.45, 7) is -0.389. The second-order valence-electron chi connectivity index (χ2n) is 6.99. The van der Waals surface area contributed by atoms with Crippen LogP contribution in [-0.2, 0) is 11.2 Å². The van der Waals surface area contributed by atoms with Crippen molar-refractivity contribution in [1.82, 2.24) is 15.2 Å². The maximum Gasteiger partial charge on any atom is 0.387 e. The van der Waals surface area contributed by atoms with Crippen LogP contribution in [0, 0.1) is 12.8 Å². The average molecular weight is 398 g/mol. The second-order valence-corrected chi connectivity index (χ2v) is 6.99. The Hall–Kier alpha value is -3.29. The first-order chi connectivity index (χ1) is 14.0. The highest BCUT2D eigenvalue weighted by molar-refractivity contribution is 5.96. The third-order valence-electron chi connectivity index (χ3n) is 5.08. The number of carbonyl (C=O) groups excluding carboxylic acids is 1. The first-order valence-corrected chi connectivity index (χ1v) is 9.33. The Kier molecular flexibility index (Phi) is 5.24. The van der Waals surface area contributed by atoms with E-state index in [9.17, 15) is 13.6 Å². The van der Waals surface area contributed by atoms with Crippen LogP contribution >= 0.6 is 0 Å². The molecule has 29 heavy (non-hydrogen) atoms. The number of aryl methyl sites for hydroxylation is 1. The third kappa shape index (κ3) is 4.11. The zero-order valence-electron chi connectivity index (χ0n) is 15.8. The predicted octanol–water partition coefficient (Wildman–Crippen LogP) is 3.98. The summed E-state index contributed by atoms with van der Waals surface area (Å²) in [4.78, 5) is 19.2. The van der Waals surface area contributed by atoms with E-state index >= 15 is 0 Å². The molecule has 1 unspecified atom stereocenters. The van der Waals surface area contributed by atoms with Gasteiger partial charge in [0.2, 0.25) is 5.91 Å². The van der Waals surface area contributed by atoms with Crippen LogP contribution in [0.1, 0.15) is 17.7 Å². The Bertz CT molecular complexity index is 1010. The van der Waals surface area contributed by atoms with Gasteiger partial charge in [-0.05, 0) is 49.6 Å². The number of nitrogens with zero attached hydrogens (tertiary/aromatic N) is 3. The molecule has 1 aliphatic rings. The van der Waals surface area contributed by atoms with E-state index in [4.69, 9.17) is 0 Å². The molecule has 3 aromatic rings. The van der Waals surface area contributed by atoms with Gasteiger partial charge in [-0.25, -0.2) is 4.98 Å². The molecule has 0 saturated carbocycles. The van der Waals surface area contributed by atoms with Gasteiger partial charge in [-0.15, -0.1) is 0 Å². The molecule has 8 heteroatoms. The summed E-state index contributed by atoms with van der Waals surface area (Å²) < 4.78 is 29.3. The Balaban J connectivity index is 1.47. The Labute approximate surface area is 166 Å². The molecule has 1 aliphatic heterocycles. The fourth-order valence-electron chi connectivity index (χ4n) is 3.69. The number of benzene rings is 1. The smallest absolute Gasteiger partial charge is 0.387 e. The quantitative estimate of drug-likeness (QED) is 0.682. The number of hydrogen-bond acceptors (Lipinski definition) is 4. The van der Waals surface area contributed by atoms with Gasteiger partial charge in [-0.3, -0.25) is 14.8 Å². The molecule has 3 heterocycles. The molecule has 0 aliphatic carbocycles. The molecule has 0 spiro atoms. The molecule has 1 saturated heterocycles. The first kappa shape index (κ1) is 19.0. The number of anilines is 1. The molecule has 150 valence electrons. The van der Waals surface area contributed by atoms with E-state index in [0.717, 1.165) is 22.4 Å². The number of ether oxygens (including phenoxy) is 1. The van der Waals surface area contributed by atoms with E-state index in [1.807, 2.05) is 25.1 Å². The number of aromatic amines is 1. The predicted molar refractivity (Wildman–Crippen MR) is 104 cm³/mol. The van der Waals surface area contributed by atoms with Crippen LogP contribution in [0.4, 0.5) is 14.6 Å². The Morgan fingerprint density at radius 2 is 2.17 bits per heavy atom. The number of alkyl halides is 2. The standard InChI is InChI=1S/C21H20F2N4O2/c1-13-18(16-11-24-25-12-16)5-6-19(26-13)27-8-7-15(20(27)28)9-14-3-2-4-17(10-14)29-21(22)23/h2-6,10-12,15,21H,7-9H2,1H3,(H,24,25). The van der Waals surface area contributed by atoms with Crippen LogP contribution < -0.4 is 9.64 Å². The van der Waals surface area contributed by atoms with Gasteiger partial charge < -0.3 is 4.74 Å². The summed E-state index contributed by atoms with van der Waals surface area (Å²) in [5.41, 5.74) is 3.51. The SMILES string of the molecule is Cc1nc(N2CCC(Cc3cccc(OC(F)F)c3)C2=O)ccc1-c1cn[nH]c1. The third-order valence-corrected chi connectivity index (χ3v) is 5.08. The van der Waals surface area contributed by atoms with Crippen molar-refractivity contribution < 1.29 is 18.3 Å². The molecule has 0 radical (unpaired) electrons. The highest BCUT2D eigenvalue weighted by Gasteiger charge is 2.33. The van der Waals surface area contributed by atoms with Crippen molar-refractivity contribution >= 4 is 11.7 Å². The van der Waals surface area contributed by atoms with Gasteiger partial charge in [0, 0.05) is 35.5 Å². The number of aromatic nitrogens is 3. The van der Waals surface area contributed by atoms with E-state index in [-0.39, 0.29) is 17.6 Å². The number of hydrogen-bond donors (Lipinski definition) is 1. The van der Waals surface area contributed by atoms with E-state index in [0.29, 0.717) is 25.2 Å². The van der Waals surface area contributed by atoms with Gasteiger partial charge in [-0.1, -0.05) is 12.1 Å². The zero-order valence-corrected chi connectivity index (χ0v) is 15.8. The van der Waals surface area contributed by atoms with Gasteiger partial charge in [0.05, 0.1) is 6.20 Å². The fraction of sp³-hybridized carbons (Fsp3) is 0.286. The fourth-order valence-corrected chi connectivity index (χ4v) is 3.69. The second kappa shape index (κ2) is 7.98. The van der Waals surface area contributed by atoms with Gasteiger partial charge >= 0.3 is 6.61 Å². The van der Waals surface area contributed by atoms with Gasteiger partial charge in [-0.2, -0.15) is 13.9 Å². The summed E-state index contributed by atoms with van der Waals surface area (Å²) in [5, 5.41) is 6.74. The molecular formula is C21H20F2N4O2. The molecule has 2 aromatic heterocycles. The lowest BCUT2D eigenvalue weighted by Crippen LogP contribution is -2.28. The lowest BCUT2D eigenvalue weighted by molar-refractivity contribution is -0.120. The normalized spacial score (nSPS) is 16.6. The van der Waals surface area contributed by atoms with Crippen molar-refractivity contribution in [2.45, 2.75) is 26.4 Å². The maximum absolute atomic E-state index is 12.9. The van der Waals surface area contributed by atoms with E-state index < -0.39 is 6.61 Å². The maximum atomic E-state index is 12.9. The number of halogens is 2. The summed E-state index contributed by atoms with van der Waals surface area (Å²) in [6, 6.07) is 10.3. The lowest BCUT2D eigenvalue weighted by atomic mass is 9.98. The van der Waals surface area contributed by atoms with E-state index in [1.54, 1.807) is 29.4 Å². The highest BCUT2D eigenvalue weighted by Crippen LogP contribution is 2.30. The number of pyridine rings is 1. The molecule has 1 N–H and O–H groups in total. The molecule has 4 rings (SSSR count). The summed E-state index contributed by atoms with van der Waals surface area (Å²) in [5.74, 6) is 0.504. The van der Waals surface area contributed by atoms with Crippen molar-refractivity contribution in [3.05, 3.63) is 60.0 Å². The number of rotatable bonds is 6. The number of H-pyrrole nitrogens is 1. The highest BCUT2D eigenvalue weighted by atomic mass is 19.3. The Morgan fingerprint density at radius 3 is 2.90 bits per heavy atom. The molecule has 1 amide bonds. The summed E-state index contributed by atoms with van der Waals surface area (Å²) in [6.07, 6.45) is 4.68. The lowest BCUT2D eigenvalue weighted by Gasteiger charge is -2.17. The summed E-state index contributed by atoms with van der Waals surface area (Å²) >= 11 is 0. The number of amides is 1. The first-order valence-electron chi connectivity index (χ1n) is 9.33. The van der Waals surface area contributed by atoms with Gasteiger partial charge in [0.1, 0.15) is 11.6 Å². The van der Waals surface area contributed by atoms with Crippen LogP contribution in [0.3, 0.4) is 0 Å².